The number of carbonyl (C=O) groups is 1. The van der Waals surface area contributed by atoms with Gasteiger partial charge < -0.3 is 5.32 Å². The average Bonchev–Trinajstić information content (AvgIpc) is 2.62. The molecule has 3 rings (SSSR count). The van der Waals surface area contributed by atoms with E-state index in [0.29, 0.717) is 16.9 Å². The number of carbonyl (C=O) groups excluding carboxylic acids is 1. The molecule has 1 amide bonds. The first-order valence-electron chi connectivity index (χ1n) is 7.25. The molecule has 0 saturated carbocycles. The number of rotatable bonds is 4. The highest BCUT2D eigenvalue weighted by molar-refractivity contribution is 6.07. The minimum Gasteiger partial charge on any atom is -0.322 e. The second-order valence-electron chi connectivity index (χ2n) is 5.12. The highest BCUT2D eigenvalue weighted by atomic mass is 16.6. The van der Waals surface area contributed by atoms with Gasteiger partial charge in [0, 0.05) is 23.4 Å². The van der Waals surface area contributed by atoms with Crippen LogP contribution in [-0.2, 0) is 0 Å². The van der Waals surface area contributed by atoms with E-state index in [9.17, 15) is 19.7 Å². The van der Waals surface area contributed by atoms with Gasteiger partial charge in [0.05, 0.1) is 10.6 Å². The Bertz CT molecular complexity index is 993. The van der Waals surface area contributed by atoms with E-state index in [2.05, 4.69) is 15.5 Å². The van der Waals surface area contributed by atoms with E-state index >= 15 is 0 Å². The van der Waals surface area contributed by atoms with Crippen molar-refractivity contribution in [2.24, 2.45) is 0 Å². The van der Waals surface area contributed by atoms with Crippen molar-refractivity contribution in [3.8, 4) is 11.3 Å². The van der Waals surface area contributed by atoms with Crippen LogP contribution in [0.3, 0.4) is 0 Å². The number of aromatic nitrogens is 2. The third-order valence-electron chi connectivity index (χ3n) is 3.44. The third kappa shape index (κ3) is 3.58. The molecule has 2 aromatic carbocycles. The zero-order chi connectivity index (χ0) is 17.8. The number of nitro groups is 1. The van der Waals surface area contributed by atoms with Gasteiger partial charge in [0.1, 0.15) is 5.56 Å². The molecule has 0 aliphatic heterocycles. The number of nitro benzene ring substituents is 1. The van der Waals surface area contributed by atoms with Gasteiger partial charge >= 0.3 is 0 Å². The van der Waals surface area contributed by atoms with Crippen LogP contribution in [0.25, 0.3) is 11.3 Å². The Morgan fingerprint density at radius 2 is 1.88 bits per heavy atom. The largest absolute Gasteiger partial charge is 0.322 e. The van der Waals surface area contributed by atoms with Gasteiger partial charge in [0.2, 0.25) is 0 Å². The SMILES string of the molecule is O=C(Nc1cccc(-c2ccc(=O)[nH]n2)c1)c1ccccc1[N+](=O)[O-]. The van der Waals surface area contributed by atoms with E-state index in [0.717, 1.165) is 0 Å². The quantitative estimate of drug-likeness (QED) is 0.561. The van der Waals surface area contributed by atoms with Crippen LogP contribution < -0.4 is 10.9 Å². The lowest BCUT2D eigenvalue weighted by Gasteiger charge is -2.07. The van der Waals surface area contributed by atoms with Crippen molar-refractivity contribution in [1.29, 1.82) is 0 Å². The molecule has 0 radical (unpaired) electrons. The second-order valence-corrected chi connectivity index (χ2v) is 5.12. The van der Waals surface area contributed by atoms with Gasteiger partial charge in [-0.3, -0.25) is 19.7 Å². The van der Waals surface area contributed by atoms with E-state index in [1.54, 1.807) is 36.4 Å². The number of benzene rings is 2. The number of hydrogen-bond acceptors (Lipinski definition) is 5. The molecule has 25 heavy (non-hydrogen) atoms. The Kier molecular flexibility index (Phi) is 4.34. The molecule has 124 valence electrons. The van der Waals surface area contributed by atoms with Crippen LogP contribution in [0.2, 0.25) is 0 Å². The molecule has 0 aliphatic rings. The summed E-state index contributed by atoms with van der Waals surface area (Å²) < 4.78 is 0. The number of H-pyrrole nitrogens is 1. The number of amides is 1. The number of nitrogens with one attached hydrogen (secondary N) is 2. The van der Waals surface area contributed by atoms with Crippen molar-refractivity contribution < 1.29 is 9.72 Å². The van der Waals surface area contributed by atoms with E-state index in [1.165, 1.54) is 24.3 Å². The van der Waals surface area contributed by atoms with Crippen molar-refractivity contribution in [3.05, 3.63) is 86.7 Å². The van der Waals surface area contributed by atoms with E-state index in [4.69, 9.17) is 0 Å². The highest BCUT2D eigenvalue weighted by Gasteiger charge is 2.19. The van der Waals surface area contributed by atoms with Crippen LogP contribution in [0.15, 0.2) is 65.5 Å². The first-order valence-corrected chi connectivity index (χ1v) is 7.25. The second kappa shape index (κ2) is 6.75. The standard InChI is InChI=1S/C17H12N4O4/c22-16-9-8-14(19-20-16)11-4-3-5-12(10-11)18-17(23)13-6-1-2-7-15(13)21(24)25/h1-10H,(H,18,23)(H,20,22). The molecule has 1 aromatic heterocycles. The Balaban J connectivity index is 1.88. The van der Waals surface area contributed by atoms with Crippen molar-refractivity contribution in [2.75, 3.05) is 5.32 Å². The van der Waals surface area contributed by atoms with Crippen molar-refractivity contribution in [1.82, 2.24) is 10.2 Å². The Morgan fingerprint density at radius 3 is 2.60 bits per heavy atom. The summed E-state index contributed by atoms with van der Waals surface area (Å²) in [5.74, 6) is -0.584. The summed E-state index contributed by atoms with van der Waals surface area (Å²) in [6.07, 6.45) is 0. The number of nitrogens with zero attached hydrogens (tertiary/aromatic N) is 2. The fraction of sp³-hybridized carbons (Fsp3) is 0. The number of para-hydroxylation sites is 1. The maximum atomic E-state index is 12.4. The monoisotopic (exact) mass is 336 g/mol. The molecule has 0 spiro atoms. The topological polar surface area (TPSA) is 118 Å². The van der Waals surface area contributed by atoms with E-state index in [1.807, 2.05) is 0 Å². The smallest absolute Gasteiger partial charge is 0.282 e. The van der Waals surface area contributed by atoms with Gasteiger partial charge in [0.25, 0.3) is 17.2 Å². The van der Waals surface area contributed by atoms with E-state index in [-0.39, 0.29) is 16.8 Å². The van der Waals surface area contributed by atoms with Crippen LogP contribution in [0.5, 0.6) is 0 Å². The maximum absolute atomic E-state index is 12.4. The summed E-state index contributed by atoms with van der Waals surface area (Å²) in [6.45, 7) is 0. The molecule has 0 fully saturated rings. The Morgan fingerprint density at radius 1 is 1.08 bits per heavy atom. The summed E-state index contributed by atoms with van der Waals surface area (Å²) >= 11 is 0. The third-order valence-corrected chi connectivity index (χ3v) is 3.44. The molecule has 0 saturated heterocycles. The Labute approximate surface area is 141 Å². The lowest BCUT2D eigenvalue weighted by molar-refractivity contribution is -0.385. The predicted molar refractivity (Wildman–Crippen MR) is 91.3 cm³/mol. The number of aromatic amines is 1. The Hall–Kier alpha value is -3.81. The zero-order valence-corrected chi connectivity index (χ0v) is 12.8. The molecule has 1 heterocycles. The van der Waals surface area contributed by atoms with Gasteiger partial charge in [-0.1, -0.05) is 24.3 Å². The van der Waals surface area contributed by atoms with Gasteiger partial charge in [0.15, 0.2) is 0 Å². The number of anilines is 1. The van der Waals surface area contributed by atoms with Gasteiger partial charge in [-0.2, -0.15) is 5.10 Å². The van der Waals surface area contributed by atoms with Gasteiger partial charge in [-0.15, -0.1) is 0 Å². The van der Waals surface area contributed by atoms with Gasteiger partial charge in [-0.25, -0.2) is 5.10 Å². The fourth-order valence-electron chi connectivity index (χ4n) is 2.28. The average molecular weight is 336 g/mol. The van der Waals surface area contributed by atoms with Crippen molar-refractivity contribution in [3.63, 3.8) is 0 Å². The summed E-state index contributed by atoms with van der Waals surface area (Å²) in [5, 5.41) is 19.9. The number of hydrogen-bond donors (Lipinski definition) is 2. The van der Waals surface area contributed by atoms with Crippen LogP contribution in [0.1, 0.15) is 10.4 Å². The lowest BCUT2D eigenvalue weighted by Crippen LogP contribution is -2.14. The summed E-state index contributed by atoms with van der Waals surface area (Å²) in [7, 11) is 0. The molecular formula is C17H12N4O4. The summed E-state index contributed by atoms with van der Waals surface area (Å²) in [6, 6.07) is 15.4. The predicted octanol–water partition coefficient (Wildman–Crippen LogP) is 2.60. The minimum atomic E-state index is -0.602. The molecule has 0 atom stereocenters. The van der Waals surface area contributed by atoms with Crippen molar-refractivity contribution in [2.45, 2.75) is 0 Å². The molecule has 2 N–H and O–H groups in total. The molecule has 3 aromatic rings. The van der Waals surface area contributed by atoms with Crippen molar-refractivity contribution >= 4 is 17.3 Å². The normalized spacial score (nSPS) is 10.2. The molecule has 0 unspecified atom stereocenters. The van der Waals surface area contributed by atoms with Crippen LogP contribution in [0, 0.1) is 10.1 Å². The van der Waals surface area contributed by atoms with Crippen LogP contribution in [0.4, 0.5) is 11.4 Å². The lowest BCUT2D eigenvalue weighted by atomic mass is 10.1. The molecule has 0 aliphatic carbocycles. The van der Waals surface area contributed by atoms with Crippen LogP contribution >= 0.6 is 0 Å². The molecule has 8 heteroatoms. The minimum absolute atomic E-state index is 0.0277. The summed E-state index contributed by atoms with van der Waals surface area (Å²) in [4.78, 5) is 33.9. The molecule has 0 bridgehead atoms. The van der Waals surface area contributed by atoms with Gasteiger partial charge in [-0.05, 0) is 24.3 Å². The zero-order valence-electron chi connectivity index (χ0n) is 12.8. The molecular weight excluding hydrogens is 324 g/mol. The van der Waals surface area contributed by atoms with E-state index < -0.39 is 10.8 Å². The summed E-state index contributed by atoms with van der Waals surface area (Å²) in [5.41, 5.74) is 1.05. The molecule has 8 nitrogen and oxygen atoms in total. The van der Waals surface area contributed by atoms with Crippen LogP contribution in [-0.4, -0.2) is 21.0 Å². The highest BCUT2D eigenvalue weighted by Crippen LogP contribution is 2.22. The fourth-order valence-corrected chi connectivity index (χ4v) is 2.28. The maximum Gasteiger partial charge on any atom is 0.282 e. The first kappa shape index (κ1) is 16.1. The first-order chi connectivity index (χ1) is 12.0.